The number of aromatic nitrogens is 1. The second-order valence-corrected chi connectivity index (χ2v) is 8.13. The third-order valence-corrected chi connectivity index (χ3v) is 5.29. The van der Waals surface area contributed by atoms with E-state index in [0.29, 0.717) is 0 Å². The minimum Gasteiger partial charge on any atom is -0.455 e. The Morgan fingerprint density at radius 2 is 1.59 bits per heavy atom. The molecule has 0 saturated carbocycles. The fourth-order valence-electron chi connectivity index (χ4n) is 3.77. The molecular weight excluding hydrogens is 330 g/mol. The van der Waals surface area contributed by atoms with Gasteiger partial charge in [-0.1, -0.05) is 69.3 Å². The molecule has 5 aromatic rings. The number of para-hydroxylation sites is 1. The zero-order valence-corrected chi connectivity index (χ0v) is 15.8. The molecule has 0 aliphatic carbocycles. The third-order valence-electron chi connectivity index (χ3n) is 5.29. The second kappa shape index (κ2) is 5.68. The fourth-order valence-corrected chi connectivity index (χ4v) is 3.77. The maximum absolute atomic E-state index is 6.30. The van der Waals surface area contributed by atoms with E-state index in [2.05, 4.69) is 87.5 Å². The van der Waals surface area contributed by atoms with Crippen LogP contribution in [-0.4, -0.2) is 4.98 Å². The van der Waals surface area contributed by atoms with E-state index in [0.717, 1.165) is 27.8 Å². The predicted octanol–water partition coefficient (Wildman–Crippen LogP) is 7.10. The van der Waals surface area contributed by atoms with Crippen molar-refractivity contribution >= 4 is 32.7 Å². The molecule has 0 amide bonds. The first-order chi connectivity index (χ1) is 13.0. The molecule has 0 radical (unpaired) electrons. The van der Waals surface area contributed by atoms with Crippen LogP contribution in [0.1, 0.15) is 26.3 Å². The maximum atomic E-state index is 6.30. The quantitative estimate of drug-likeness (QED) is 0.322. The Hall–Kier alpha value is -3.13. The molecule has 2 nitrogen and oxygen atoms in total. The molecular formula is C25H21NO. The van der Waals surface area contributed by atoms with Crippen LogP contribution in [-0.2, 0) is 5.41 Å². The van der Waals surface area contributed by atoms with Crippen LogP contribution in [0.15, 0.2) is 77.3 Å². The van der Waals surface area contributed by atoms with Crippen molar-refractivity contribution in [2.45, 2.75) is 26.2 Å². The number of hydrogen-bond acceptors (Lipinski definition) is 2. The van der Waals surface area contributed by atoms with Gasteiger partial charge in [0.1, 0.15) is 11.2 Å². The van der Waals surface area contributed by atoms with Crippen LogP contribution in [0.5, 0.6) is 0 Å². The summed E-state index contributed by atoms with van der Waals surface area (Å²) in [6, 6.07) is 23.2. The summed E-state index contributed by atoms with van der Waals surface area (Å²) in [6.45, 7) is 6.61. The van der Waals surface area contributed by atoms with E-state index in [1.807, 2.05) is 6.20 Å². The van der Waals surface area contributed by atoms with Crippen LogP contribution in [0, 0.1) is 0 Å². The summed E-state index contributed by atoms with van der Waals surface area (Å²) in [5, 5.41) is 4.77. The first kappa shape index (κ1) is 16.1. The molecule has 0 fully saturated rings. The molecule has 0 N–H and O–H groups in total. The van der Waals surface area contributed by atoms with Crippen molar-refractivity contribution in [2.75, 3.05) is 0 Å². The van der Waals surface area contributed by atoms with Crippen molar-refractivity contribution in [1.29, 1.82) is 0 Å². The minimum atomic E-state index is 0.0931. The van der Waals surface area contributed by atoms with Gasteiger partial charge in [-0.2, -0.15) is 0 Å². The molecule has 132 valence electrons. The summed E-state index contributed by atoms with van der Waals surface area (Å²) in [5.74, 6) is 0. The van der Waals surface area contributed by atoms with Crippen LogP contribution >= 0.6 is 0 Å². The summed E-state index contributed by atoms with van der Waals surface area (Å²) in [5.41, 5.74) is 5.12. The molecule has 0 saturated heterocycles. The highest BCUT2D eigenvalue weighted by Crippen LogP contribution is 2.38. The van der Waals surface area contributed by atoms with Gasteiger partial charge in [0.25, 0.3) is 0 Å². The van der Waals surface area contributed by atoms with Crippen molar-refractivity contribution < 1.29 is 4.42 Å². The van der Waals surface area contributed by atoms with Crippen molar-refractivity contribution in [1.82, 2.24) is 4.98 Å². The van der Waals surface area contributed by atoms with Crippen LogP contribution in [0.25, 0.3) is 44.0 Å². The van der Waals surface area contributed by atoms with Crippen LogP contribution in [0.3, 0.4) is 0 Å². The number of rotatable bonds is 1. The summed E-state index contributed by atoms with van der Waals surface area (Å²) < 4.78 is 6.30. The van der Waals surface area contributed by atoms with Crippen LogP contribution < -0.4 is 0 Å². The number of hydrogen-bond donors (Lipinski definition) is 0. The van der Waals surface area contributed by atoms with Gasteiger partial charge in [0.2, 0.25) is 0 Å². The maximum Gasteiger partial charge on any atom is 0.144 e. The Labute approximate surface area is 158 Å². The number of pyridine rings is 1. The van der Waals surface area contributed by atoms with Crippen molar-refractivity contribution in [2.24, 2.45) is 0 Å². The van der Waals surface area contributed by atoms with Crippen molar-refractivity contribution in [3.63, 3.8) is 0 Å². The van der Waals surface area contributed by atoms with Gasteiger partial charge >= 0.3 is 0 Å². The highest BCUT2D eigenvalue weighted by molar-refractivity contribution is 6.20. The van der Waals surface area contributed by atoms with Gasteiger partial charge in [-0.3, -0.25) is 4.98 Å². The fraction of sp³-hybridized carbons (Fsp3) is 0.160. The Balaban J connectivity index is 1.78. The molecule has 2 heterocycles. The number of furan rings is 1. The zero-order chi connectivity index (χ0) is 18.6. The number of nitrogens with zero attached hydrogens (tertiary/aromatic N) is 1. The lowest BCUT2D eigenvalue weighted by Crippen LogP contribution is -2.11. The van der Waals surface area contributed by atoms with E-state index in [-0.39, 0.29) is 5.41 Å². The number of fused-ring (bicyclic) bond motifs is 5. The highest BCUT2D eigenvalue weighted by atomic mass is 16.3. The first-order valence-corrected chi connectivity index (χ1v) is 9.32. The summed E-state index contributed by atoms with van der Waals surface area (Å²) in [7, 11) is 0. The Morgan fingerprint density at radius 1 is 0.778 bits per heavy atom. The zero-order valence-electron chi connectivity index (χ0n) is 15.8. The van der Waals surface area contributed by atoms with E-state index in [1.165, 1.54) is 21.7 Å². The lowest BCUT2D eigenvalue weighted by molar-refractivity contribution is 0.587. The monoisotopic (exact) mass is 351 g/mol. The molecule has 5 rings (SSSR count). The average Bonchev–Trinajstić information content (AvgIpc) is 3.06. The molecule has 3 aromatic carbocycles. The topological polar surface area (TPSA) is 26.0 Å². The predicted molar refractivity (Wildman–Crippen MR) is 113 cm³/mol. The Bertz CT molecular complexity index is 1290. The molecule has 2 aromatic heterocycles. The molecule has 0 aliphatic rings. The smallest absolute Gasteiger partial charge is 0.144 e. The van der Waals surface area contributed by atoms with E-state index in [1.54, 1.807) is 0 Å². The lowest BCUT2D eigenvalue weighted by Gasteiger charge is -2.18. The summed E-state index contributed by atoms with van der Waals surface area (Å²) >= 11 is 0. The van der Waals surface area contributed by atoms with Gasteiger partial charge < -0.3 is 4.42 Å². The normalized spacial score (nSPS) is 12.3. The number of benzene rings is 3. The molecule has 27 heavy (non-hydrogen) atoms. The molecule has 0 atom stereocenters. The van der Waals surface area contributed by atoms with Gasteiger partial charge in [0.05, 0.1) is 5.69 Å². The van der Waals surface area contributed by atoms with Gasteiger partial charge in [-0.05, 0) is 39.9 Å². The van der Waals surface area contributed by atoms with Gasteiger partial charge in [0.15, 0.2) is 0 Å². The standard InChI is InChI=1S/C25H21NO/c1-25(2,3)17-12-13-21(26-15-17)19-9-6-10-20-23-18-8-5-4-7-16(18)11-14-22(23)27-24(19)20/h4-15H,1-3H3. The van der Waals surface area contributed by atoms with Crippen LogP contribution in [0.4, 0.5) is 0 Å². The molecule has 0 bridgehead atoms. The lowest BCUT2D eigenvalue weighted by atomic mass is 9.88. The van der Waals surface area contributed by atoms with Gasteiger partial charge in [0, 0.05) is 22.5 Å². The first-order valence-electron chi connectivity index (χ1n) is 9.32. The SMILES string of the molecule is CC(C)(C)c1ccc(-c2cccc3c2oc2ccc4ccccc4c23)nc1. The summed E-state index contributed by atoms with van der Waals surface area (Å²) in [6.07, 6.45) is 1.98. The Kier molecular flexibility index (Phi) is 3.38. The third kappa shape index (κ3) is 2.52. The van der Waals surface area contributed by atoms with Crippen molar-refractivity contribution in [3.05, 3.63) is 78.5 Å². The van der Waals surface area contributed by atoms with Gasteiger partial charge in [-0.15, -0.1) is 0 Å². The highest BCUT2D eigenvalue weighted by Gasteiger charge is 2.17. The van der Waals surface area contributed by atoms with E-state index in [4.69, 9.17) is 9.40 Å². The summed E-state index contributed by atoms with van der Waals surface area (Å²) in [4.78, 5) is 4.74. The largest absolute Gasteiger partial charge is 0.455 e. The molecule has 2 heteroatoms. The molecule has 0 aliphatic heterocycles. The van der Waals surface area contributed by atoms with Gasteiger partial charge in [-0.25, -0.2) is 0 Å². The second-order valence-electron chi connectivity index (χ2n) is 8.13. The van der Waals surface area contributed by atoms with E-state index in [9.17, 15) is 0 Å². The minimum absolute atomic E-state index is 0.0931. The van der Waals surface area contributed by atoms with Crippen molar-refractivity contribution in [3.8, 4) is 11.3 Å². The van der Waals surface area contributed by atoms with E-state index >= 15 is 0 Å². The van der Waals surface area contributed by atoms with Crippen LogP contribution in [0.2, 0.25) is 0 Å². The molecule has 0 spiro atoms. The Morgan fingerprint density at radius 3 is 2.37 bits per heavy atom. The molecule has 0 unspecified atom stereocenters. The van der Waals surface area contributed by atoms with E-state index < -0.39 is 0 Å². The average molecular weight is 351 g/mol.